The second-order valence-corrected chi connectivity index (χ2v) is 8.75. The van der Waals surface area contributed by atoms with Gasteiger partial charge in [0.05, 0.1) is 0 Å². The molecule has 0 heterocycles. The van der Waals surface area contributed by atoms with Crippen molar-refractivity contribution < 1.29 is 13.2 Å². The van der Waals surface area contributed by atoms with E-state index in [-0.39, 0.29) is 0 Å². The molecule has 3 rings (SSSR count). The Kier molecular flexibility index (Phi) is 7.43. The fourth-order valence-electron chi connectivity index (χ4n) is 5.20. The highest BCUT2D eigenvalue weighted by molar-refractivity contribution is 5.21. The van der Waals surface area contributed by atoms with E-state index in [0.29, 0.717) is 12.0 Å². The van der Waals surface area contributed by atoms with Crippen molar-refractivity contribution in [3.63, 3.8) is 0 Å². The van der Waals surface area contributed by atoms with Crippen molar-refractivity contribution in [3.8, 4) is 0 Å². The zero-order valence-electron chi connectivity index (χ0n) is 16.5. The lowest BCUT2D eigenvalue weighted by atomic mass is 9.68. The topological polar surface area (TPSA) is 0 Å². The number of hydrogen-bond donors (Lipinski definition) is 0. The number of rotatable bonds is 6. The Bertz CT molecular complexity index is 598. The highest BCUT2D eigenvalue weighted by Gasteiger charge is 2.30. The lowest BCUT2D eigenvalue weighted by Crippen LogP contribution is -2.25. The normalized spacial score (nSPS) is 29.3. The standard InChI is InChI=1S/C24H33F3/c1-2-17-7-11-20(12-8-17)21-13-9-18(10-14-21)5-3-4-6-19-15-22(25)24(27)23(26)16-19/h3-4,15-18,20-21H,2,5-14H2,1H3/b4-3-. The first-order valence-corrected chi connectivity index (χ1v) is 10.8. The summed E-state index contributed by atoms with van der Waals surface area (Å²) in [4.78, 5) is 0. The van der Waals surface area contributed by atoms with Gasteiger partial charge in [-0.15, -0.1) is 0 Å². The first-order valence-electron chi connectivity index (χ1n) is 10.8. The first-order chi connectivity index (χ1) is 13.1. The quantitative estimate of drug-likeness (QED) is 0.353. The predicted molar refractivity (Wildman–Crippen MR) is 105 cm³/mol. The Labute approximate surface area is 162 Å². The van der Waals surface area contributed by atoms with Gasteiger partial charge < -0.3 is 0 Å². The second kappa shape index (κ2) is 9.80. The maximum Gasteiger partial charge on any atom is 0.194 e. The van der Waals surface area contributed by atoms with Gasteiger partial charge in [-0.3, -0.25) is 0 Å². The van der Waals surface area contributed by atoms with E-state index in [2.05, 4.69) is 13.0 Å². The van der Waals surface area contributed by atoms with Gasteiger partial charge >= 0.3 is 0 Å². The lowest BCUT2D eigenvalue weighted by molar-refractivity contribution is 0.145. The molecule has 0 bridgehead atoms. The van der Waals surface area contributed by atoms with Gasteiger partial charge in [-0.05, 0) is 92.7 Å². The van der Waals surface area contributed by atoms with Crippen LogP contribution in [0, 0.1) is 41.1 Å². The molecule has 27 heavy (non-hydrogen) atoms. The van der Waals surface area contributed by atoms with Gasteiger partial charge in [-0.25, -0.2) is 13.2 Å². The Morgan fingerprint density at radius 2 is 1.30 bits per heavy atom. The van der Waals surface area contributed by atoms with Crippen LogP contribution in [0.5, 0.6) is 0 Å². The van der Waals surface area contributed by atoms with Crippen LogP contribution in [0.25, 0.3) is 0 Å². The fraction of sp³-hybridized carbons (Fsp3) is 0.667. The largest absolute Gasteiger partial charge is 0.204 e. The highest BCUT2D eigenvalue weighted by atomic mass is 19.2. The van der Waals surface area contributed by atoms with E-state index in [1.807, 2.05) is 6.08 Å². The summed E-state index contributed by atoms with van der Waals surface area (Å²) >= 11 is 0. The molecule has 0 N–H and O–H groups in total. The van der Waals surface area contributed by atoms with E-state index in [0.717, 1.165) is 42.2 Å². The Hall–Kier alpha value is -1.25. The van der Waals surface area contributed by atoms with Crippen molar-refractivity contribution in [2.45, 2.75) is 77.6 Å². The van der Waals surface area contributed by atoms with Crippen molar-refractivity contribution in [2.75, 3.05) is 0 Å². The van der Waals surface area contributed by atoms with Gasteiger partial charge in [0.25, 0.3) is 0 Å². The summed E-state index contributed by atoms with van der Waals surface area (Å²) in [7, 11) is 0. The molecule has 2 aliphatic rings. The van der Waals surface area contributed by atoms with Crippen LogP contribution < -0.4 is 0 Å². The summed E-state index contributed by atoms with van der Waals surface area (Å²) in [6, 6.07) is 2.17. The third-order valence-electron chi connectivity index (χ3n) is 7.06. The maximum absolute atomic E-state index is 13.2. The van der Waals surface area contributed by atoms with Gasteiger partial charge in [-0.1, -0.05) is 38.3 Å². The first kappa shape index (κ1) is 20.5. The SMILES string of the molecule is CCC1CCC(C2CCC(C/C=C\Cc3cc(F)c(F)c(F)c3)CC2)CC1. The number of benzene rings is 1. The average molecular weight is 379 g/mol. The third-order valence-corrected chi connectivity index (χ3v) is 7.06. The molecule has 150 valence electrons. The molecule has 1 aromatic rings. The third kappa shape index (κ3) is 5.62. The summed E-state index contributed by atoms with van der Waals surface area (Å²) < 4.78 is 39.4. The van der Waals surface area contributed by atoms with Gasteiger partial charge in [0.15, 0.2) is 17.5 Å². The van der Waals surface area contributed by atoms with E-state index in [4.69, 9.17) is 0 Å². The monoisotopic (exact) mass is 378 g/mol. The minimum Gasteiger partial charge on any atom is -0.204 e. The van der Waals surface area contributed by atoms with Crippen LogP contribution in [-0.4, -0.2) is 0 Å². The molecule has 2 fully saturated rings. The molecule has 0 aromatic heterocycles. The number of halogens is 3. The molecule has 2 saturated carbocycles. The van der Waals surface area contributed by atoms with Gasteiger partial charge in [0.1, 0.15) is 0 Å². The summed E-state index contributed by atoms with van der Waals surface area (Å²) in [5, 5.41) is 0. The fourth-order valence-corrected chi connectivity index (χ4v) is 5.20. The molecule has 0 nitrogen and oxygen atoms in total. The molecule has 1 aromatic carbocycles. The van der Waals surface area contributed by atoms with Crippen LogP contribution in [0.4, 0.5) is 13.2 Å². The minimum absolute atomic E-state index is 0.449. The zero-order valence-corrected chi connectivity index (χ0v) is 16.5. The smallest absolute Gasteiger partial charge is 0.194 e. The van der Waals surface area contributed by atoms with Crippen LogP contribution in [0.2, 0.25) is 0 Å². The van der Waals surface area contributed by atoms with Crippen LogP contribution in [-0.2, 0) is 6.42 Å². The van der Waals surface area contributed by atoms with Crippen molar-refractivity contribution in [1.82, 2.24) is 0 Å². The van der Waals surface area contributed by atoms with E-state index in [1.54, 1.807) is 0 Å². The van der Waals surface area contributed by atoms with Crippen molar-refractivity contribution in [3.05, 3.63) is 47.3 Å². The molecule has 0 aliphatic heterocycles. The van der Waals surface area contributed by atoms with Crippen LogP contribution in [0.1, 0.15) is 76.7 Å². The van der Waals surface area contributed by atoms with E-state index in [1.165, 1.54) is 57.8 Å². The van der Waals surface area contributed by atoms with E-state index < -0.39 is 17.5 Å². The predicted octanol–water partition coefficient (Wildman–Crippen LogP) is 7.62. The van der Waals surface area contributed by atoms with Crippen LogP contribution >= 0.6 is 0 Å². The molecular weight excluding hydrogens is 345 g/mol. The summed E-state index contributed by atoms with van der Waals surface area (Å²) in [5.74, 6) is 0.0229. The molecule has 2 aliphatic carbocycles. The van der Waals surface area contributed by atoms with Crippen molar-refractivity contribution in [1.29, 1.82) is 0 Å². The Morgan fingerprint density at radius 3 is 1.81 bits per heavy atom. The lowest BCUT2D eigenvalue weighted by Gasteiger charge is -2.37. The summed E-state index contributed by atoms with van der Waals surface area (Å²) in [6.45, 7) is 2.33. The molecular formula is C24H33F3. The Morgan fingerprint density at radius 1 is 0.778 bits per heavy atom. The van der Waals surface area contributed by atoms with E-state index in [9.17, 15) is 13.2 Å². The van der Waals surface area contributed by atoms with Gasteiger partial charge in [-0.2, -0.15) is 0 Å². The minimum atomic E-state index is -1.39. The molecule has 0 spiro atoms. The summed E-state index contributed by atoms with van der Waals surface area (Å²) in [6.07, 6.45) is 18.1. The second-order valence-electron chi connectivity index (χ2n) is 8.75. The van der Waals surface area contributed by atoms with Gasteiger partial charge in [0, 0.05) is 0 Å². The van der Waals surface area contributed by atoms with Crippen molar-refractivity contribution in [2.24, 2.45) is 23.7 Å². The van der Waals surface area contributed by atoms with Crippen LogP contribution in [0.3, 0.4) is 0 Å². The summed E-state index contributed by atoms with van der Waals surface area (Å²) in [5.41, 5.74) is 0.481. The average Bonchev–Trinajstić information content (AvgIpc) is 2.70. The maximum atomic E-state index is 13.2. The molecule has 0 amide bonds. The molecule has 0 saturated heterocycles. The van der Waals surface area contributed by atoms with E-state index >= 15 is 0 Å². The van der Waals surface area contributed by atoms with Crippen molar-refractivity contribution >= 4 is 0 Å². The molecule has 0 radical (unpaired) electrons. The number of allylic oxidation sites excluding steroid dienone is 2. The Balaban J connectivity index is 1.38. The number of hydrogen-bond acceptors (Lipinski definition) is 0. The highest BCUT2D eigenvalue weighted by Crippen LogP contribution is 2.42. The molecule has 3 heteroatoms. The van der Waals surface area contributed by atoms with Crippen LogP contribution in [0.15, 0.2) is 24.3 Å². The molecule has 0 atom stereocenters. The zero-order chi connectivity index (χ0) is 19.2. The van der Waals surface area contributed by atoms with Gasteiger partial charge in [0.2, 0.25) is 0 Å². The molecule has 0 unspecified atom stereocenters.